The van der Waals surface area contributed by atoms with Crippen LogP contribution < -0.4 is 10.6 Å². The third-order valence-electron chi connectivity index (χ3n) is 6.56. The fourth-order valence-corrected chi connectivity index (χ4v) is 4.69. The van der Waals surface area contributed by atoms with E-state index in [4.69, 9.17) is 0 Å². The zero-order chi connectivity index (χ0) is 22.0. The molecule has 0 radical (unpaired) electrons. The molecule has 1 unspecified atom stereocenters. The van der Waals surface area contributed by atoms with Gasteiger partial charge in [0.2, 0.25) is 11.8 Å². The number of carbonyl (C=O) groups is 3. The van der Waals surface area contributed by atoms with E-state index >= 15 is 0 Å². The highest BCUT2D eigenvalue weighted by Gasteiger charge is 2.44. The highest BCUT2D eigenvalue weighted by molar-refractivity contribution is 6.09. The van der Waals surface area contributed by atoms with E-state index in [0.29, 0.717) is 17.5 Å². The number of nitrogens with zero attached hydrogens (tertiary/aromatic N) is 1. The summed E-state index contributed by atoms with van der Waals surface area (Å²) in [5.41, 5.74) is 2.26. The number of piperidine rings is 1. The number of carbonyl (C=O) groups excluding carboxylic acids is 3. The second kappa shape index (κ2) is 9.02. The van der Waals surface area contributed by atoms with E-state index in [2.05, 4.69) is 10.6 Å². The van der Waals surface area contributed by atoms with Crippen LogP contribution in [0.1, 0.15) is 60.1 Å². The van der Waals surface area contributed by atoms with Crippen LogP contribution in [0.4, 0.5) is 0 Å². The molecule has 2 aliphatic heterocycles. The molecule has 2 saturated heterocycles. The maximum absolute atomic E-state index is 13.3. The fourth-order valence-electron chi connectivity index (χ4n) is 4.69. The normalized spacial score (nSPS) is 23.9. The van der Waals surface area contributed by atoms with E-state index in [1.165, 1.54) is 0 Å². The molecule has 0 saturated carbocycles. The van der Waals surface area contributed by atoms with Crippen LogP contribution in [0, 0.1) is 0 Å². The topological polar surface area (TPSA) is 78.5 Å². The van der Waals surface area contributed by atoms with Crippen LogP contribution >= 0.6 is 0 Å². The van der Waals surface area contributed by atoms with Crippen LogP contribution in [-0.2, 0) is 9.59 Å². The minimum absolute atomic E-state index is 0.0183. The average Bonchev–Trinajstić information content (AvgIpc) is 3.25. The van der Waals surface area contributed by atoms with Crippen LogP contribution in [-0.4, -0.2) is 47.7 Å². The van der Waals surface area contributed by atoms with Crippen LogP contribution in [0.5, 0.6) is 0 Å². The van der Waals surface area contributed by atoms with Crippen molar-refractivity contribution in [3.8, 4) is 0 Å². The predicted molar refractivity (Wildman–Crippen MR) is 119 cm³/mol. The SMILES string of the molecule is CNC(C)C(=O)N[C@H]1CC[C@H]2CC[C@@H](c3cccc(C(=O)c4ccccc4)c3)N2C1=O. The van der Waals surface area contributed by atoms with Crippen molar-refractivity contribution in [2.75, 3.05) is 7.05 Å². The van der Waals surface area contributed by atoms with Gasteiger partial charge in [-0.3, -0.25) is 14.4 Å². The highest BCUT2D eigenvalue weighted by atomic mass is 16.2. The molecule has 2 amide bonds. The molecule has 6 heteroatoms. The molecule has 162 valence electrons. The Morgan fingerprint density at radius 1 is 0.968 bits per heavy atom. The summed E-state index contributed by atoms with van der Waals surface area (Å²) in [4.78, 5) is 40.4. The first-order valence-corrected chi connectivity index (χ1v) is 11.0. The lowest BCUT2D eigenvalue weighted by Gasteiger charge is -2.38. The van der Waals surface area contributed by atoms with Crippen LogP contribution in [0.15, 0.2) is 54.6 Å². The molecule has 4 atom stereocenters. The first-order chi connectivity index (χ1) is 15.0. The Labute approximate surface area is 183 Å². The van der Waals surface area contributed by atoms with Gasteiger partial charge in [-0.05, 0) is 51.3 Å². The summed E-state index contributed by atoms with van der Waals surface area (Å²) in [5.74, 6) is -0.200. The maximum atomic E-state index is 13.3. The molecule has 6 nitrogen and oxygen atoms in total. The lowest BCUT2D eigenvalue weighted by Crippen LogP contribution is -2.56. The number of ketones is 1. The summed E-state index contributed by atoms with van der Waals surface area (Å²) in [6.07, 6.45) is 3.36. The summed E-state index contributed by atoms with van der Waals surface area (Å²) >= 11 is 0. The molecule has 4 rings (SSSR count). The number of nitrogens with one attached hydrogen (secondary N) is 2. The molecule has 0 aliphatic carbocycles. The van der Waals surface area contributed by atoms with Gasteiger partial charge in [-0.25, -0.2) is 0 Å². The van der Waals surface area contributed by atoms with Crippen molar-refractivity contribution in [2.45, 2.75) is 56.8 Å². The van der Waals surface area contributed by atoms with Gasteiger partial charge in [0.15, 0.2) is 5.78 Å². The van der Waals surface area contributed by atoms with E-state index in [0.717, 1.165) is 24.8 Å². The Morgan fingerprint density at radius 3 is 2.42 bits per heavy atom. The molecular formula is C25H29N3O3. The Hall–Kier alpha value is -2.99. The van der Waals surface area contributed by atoms with Crippen molar-refractivity contribution in [3.05, 3.63) is 71.3 Å². The van der Waals surface area contributed by atoms with Gasteiger partial charge >= 0.3 is 0 Å². The van der Waals surface area contributed by atoms with Crippen molar-refractivity contribution >= 4 is 17.6 Å². The van der Waals surface area contributed by atoms with E-state index in [-0.39, 0.29) is 35.7 Å². The number of rotatable bonds is 6. The summed E-state index contributed by atoms with van der Waals surface area (Å²) in [6.45, 7) is 1.78. The quantitative estimate of drug-likeness (QED) is 0.706. The third-order valence-corrected chi connectivity index (χ3v) is 6.56. The number of fused-ring (bicyclic) bond motifs is 1. The summed E-state index contributed by atoms with van der Waals surface area (Å²) in [6, 6.07) is 16.1. The molecule has 2 heterocycles. The molecule has 2 N–H and O–H groups in total. The Balaban J connectivity index is 1.54. The van der Waals surface area contributed by atoms with E-state index in [1.54, 1.807) is 14.0 Å². The van der Waals surface area contributed by atoms with Crippen molar-refractivity contribution < 1.29 is 14.4 Å². The smallest absolute Gasteiger partial charge is 0.245 e. The second-order valence-electron chi connectivity index (χ2n) is 8.46. The fraction of sp³-hybridized carbons (Fsp3) is 0.400. The van der Waals surface area contributed by atoms with E-state index < -0.39 is 6.04 Å². The molecule has 2 aliphatic rings. The lowest BCUT2D eigenvalue weighted by molar-refractivity contribution is -0.142. The van der Waals surface area contributed by atoms with Gasteiger partial charge in [-0.15, -0.1) is 0 Å². The lowest BCUT2D eigenvalue weighted by atomic mass is 9.96. The largest absolute Gasteiger partial charge is 0.343 e. The Morgan fingerprint density at radius 2 is 1.68 bits per heavy atom. The summed E-state index contributed by atoms with van der Waals surface area (Å²) in [5, 5.41) is 5.82. The number of hydrogen-bond acceptors (Lipinski definition) is 4. The Kier molecular flexibility index (Phi) is 6.18. The standard InChI is InChI=1S/C25H29N3O3/c1-16(26-2)24(30)27-21-13-11-20-12-14-22(28(20)25(21)31)18-9-6-10-19(15-18)23(29)17-7-4-3-5-8-17/h3-10,15-16,20-22,26H,11-14H2,1-2H3,(H,27,30)/t16?,20-,21-,22-/m0/s1. The van der Waals surface area contributed by atoms with E-state index in [1.807, 2.05) is 59.5 Å². The zero-order valence-corrected chi connectivity index (χ0v) is 18.0. The van der Waals surface area contributed by atoms with Crippen LogP contribution in [0.2, 0.25) is 0 Å². The molecule has 0 spiro atoms. The van der Waals surface area contributed by atoms with Gasteiger partial charge in [0, 0.05) is 17.2 Å². The van der Waals surface area contributed by atoms with Gasteiger partial charge in [0.1, 0.15) is 6.04 Å². The van der Waals surface area contributed by atoms with Gasteiger partial charge in [0.05, 0.1) is 12.1 Å². The first-order valence-electron chi connectivity index (χ1n) is 11.0. The summed E-state index contributed by atoms with van der Waals surface area (Å²) < 4.78 is 0. The predicted octanol–water partition coefficient (Wildman–Crippen LogP) is 2.84. The summed E-state index contributed by atoms with van der Waals surface area (Å²) in [7, 11) is 1.73. The molecule has 2 aromatic rings. The molecule has 0 aromatic heterocycles. The Bertz CT molecular complexity index is 975. The van der Waals surface area contributed by atoms with Crippen molar-refractivity contribution in [2.24, 2.45) is 0 Å². The van der Waals surface area contributed by atoms with Crippen molar-refractivity contribution in [1.82, 2.24) is 15.5 Å². The van der Waals surface area contributed by atoms with Crippen molar-refractivity contribution in [3.63, 3.8) is 0 Å². The maximum Gasteiger partial charge on any atom is 0.245 e. The molecule has 2 aromatic carbocycles. The molecule has 0 bridgehead atoms. The third kappa shape index (κ3) is 4.26. The number of amides is 2. The minimum Gasteiger partial charge on any atom is -0.343 e. The van der Waals surface area contributed by atoms with Gasteiger partial charge < -0.3 is 15.5 Å². The minimum atomic E-state index is -0.491. The molecule has 2 fully saturated rings. The van der Waals surface area contributed by atoms with E-state index in [9.17, 15) is 14.4 Å². The average molecular weight is 420 g/mol. The first kappa shape index (κ1) is 21.2. The number of benzene rings is 2. The number of hydrogen-bond donors (Lipinski definition) is 2. The molecule has 31 heavy (non-hydrogen) atoms. The van der Waals surface area contributed by atoms with Gasteiger partial charge in [0.25, 0.3) is 0 Å². The van der Waals surface area contributed by atoms with Gasteiger partial charge in [-0.2, -0.15) is 0 Å². The highest BCUT2D eigenvalue weighted by Crippen LogP contribution is 2.41. The van der Waals surface area contributed by atoms with Crippen LogP contribution in [0.3, 0.4) is 0 Å². The second-order valence-corrected chi connectivity index (χ2v) is 8.46. The monoisotopic (exact) mass is 419 g/mol. The molecular weight excluding hydrogens is 390 g/mol. The van der Waals surface area contributed by atoms with Crippen molar-refractivity contribution in [1.29, 1.82) is 0 Å². The van der Waals surface area contributed by atoms with Crippen LogP contribution in [0.25, 0.3) is 0 Å². The number of likely N-dealkylation sites (N-methyl/N-ethyl adjacent to an activating group) is 1. The zero-order valence-electron chi connectivity index (χ0n) is 18.0. The van der Waals surface area contributed by atoms with Gasteiger partial charge in [-0.1, -0.05) is 48.5 Å².